The van der Waals surface area contributed by atoms with E-state index >= 15 is 0 Å². The van der Waals surface area contributed by atoms with E-state index in [1.165, 1.54) is 27.3 Å². The highest BCUT2D eigenvalue weighted by Crippen LogP contribution is 2.25. The Morgan fingerprint density at radius 1 is 0.667 bits per heavy atom. The Hall–Kier alpha value is -2.67. The van der Waals surface area contributed by atoms with E-state index in [1.54, 1.807) is 0 Å². The smallest absolute Gasteiger partial charge is 0.0708 e. The molecule has 0 unspecified atom stereocenters. The number of fused-ring (bicyclic) bond motifs is 3. The maximum Gasteiger partial charge on any atom is 0.0708 e. The molecule has 100 valence electrons. The third-order valence-corrected chi connectivity index (χ3v) is 3.91. The van der Waals surface area contributed by atoms with Crippen molar-refractivity contribution in [1.29, 1.82) is 0 Å². The van der Waals surface area contributed by atoms with E-state index in [1.807, 2.05) is 12.3 Å². The van der Waals surface area contributed by atoms with Gasteiger partial charge >= 0.3 is 0 Å². The van der Waals surface area contributed by atoms with Crippen LogP contribution in [0.5, 0.6) is 0 Å². The minimum Gasteiger partial charge on any atom is -0.256 e. The number of aromatic nitrogens is 1. The van der Waals surface area contributed by atoms with Crippen LogP contribution in [-0.2, 0) is 6.42 Å². The van der Waals surface area contributed by atoms with Crippen LogP contribution in [0.3, 0.4) is 0 Å². The second-order valence-corrected chi connectivity index (χ2v) is 5.36. The van der Waals surface area contributed by atoms with Gasteiger partial charge in [-0.25, -0.2) is 0 Å². The predicted octanol–water partition coefficient (Wildman–Crippen LogP) is 4.98. The standard InChI is InChI=1S/C20H15N/c1-2-6-15(7-3-1)12-16-10-11-17-14-21-20-9-5-4-8-18(20)19(17)13-16/h1-11,13-14H,12H2. The lowest BCUT2D eigenvalue weighted by molar-refractivity contribution is 1.20. The van der Waals surface area contributed by atoms with E-state index < -0.39 is 0 Å². The number of benzene rings is 3. The Kier molecular flexibility index (Phi) is 2.89. The number of nitrogens with zero attached hydrogens (tertiary/aromatic N) is 1. The molecule has 0 amide bonds. The molecule has 0 atom stereocenters. The molecule has 0 saturated carbocycles. The first kappa shape index (κ1) is 12.1. The molecular formula is C20H15N. The van der Waals surface area contributed by atoms with Crippen molar-refractivity contribution >= 4 is 21.7 Å². The summed E-state index contributed by atoms with van der Waals surface area (Å²) in [5.41, 5.74) is 3.74. The minimum absolute atomic E-state index is 0.966. The zero-order valence-corrected chi connectivity index (χ0v) is 11.7. The van der Waals surface area contributed by atoms with Crippen molar-refractivity contribution in [2.75, 3.05) is 0 Å². The summed E-state index contributed by atoms with van der Waals surface area (Å²) in [6.45, 7) is 0. The molecule has 21 heavy (non-hydrogen) atoms. The Balaban J connectivity index is 1.86. The molecule has 1 heteroatoms. The summed E-state index contributed by atoms with van der Waals surface area (Å²) < 4.78 is 0. The number of para-hydroxylation sites is 1. The highest BCUT2D eigenvalue weighted by Gasteiger charge is 2.03. The van der Waals surface area contributed by atoms with E-state index in [0.29, 0.717) is 0 Å². The van der Waals surface area contributed by atoms with Gasteiger partial charge < -0.3 is 0 Å². The molecule has 0 saturated heterocycles. The largest absolute Gasteiger partial charge is 0.256 e. The van der Waals surface area contributed by atoms with E-state index in [2.05, 4.69) is 71.7 Å². The van der Waals surface area contributed by atoms with Gasteiger partial charge in [0.05, 0.1) is 5.52 Å². The van der Waals surface area contributed by atoms with Gasteiger partial charge in [0, 0.05) is 17.0 Å². The van der Waals surface area contributed by atoms with Gasteiger partial charge in [0.1, 0.15) is 0 Å². The SMILES string of the molecule is c1ccc(Cc2ccc3cnc4ccccc4c3c2)cc1. The lowest BCUT2D eigenvalue weighted by Gasteiger charge is -2.07. The van der Waals surface area contributed by atoms with E-state index in [-0.39, 0.29) is 0 Å². The van der Waals surface area contributed by atoms with Crippen molar-refractivity contribution in [3.63, 3.8) is 0 Å². The van der Waals surface area contributed by atoms with E-state index in [9.17, 15) is 0 Å². The molecule has 1 aromatic heterocycles. The fraction of sp³-hybridized carbons (Fsp3) is 0.0500. The van der Waals surface area contributed by atoms with Crippen molar-refractivity contribution in [3.8, 4) is 0 Å². The van der Waals surface area contributed by atoms with Crippen molar-refractivity contribution in [1.82, 2.24) is 4.98 Å². The first-order chi connectivity index (χ1) is 10.4. The molecule has 0 spiro atoms. The lowest BCUT2D eigenvalue weighted by atomic mass is 10.00. The van der Waals surface area contributed by atoms with Crippen LogP contribution in [0.15, 0.2) is 79.0 Å². The first-order valence-electron chi connectivity index (χ1n) is 7.20. The minimum atomic E-state index is 0.966. The third-order valence-electron chi connectivity index (χ3n) is 3.91. The normalized spacial score (nSPS) is 11.0. The van der Waals surface area contributed by atoms with Gasteiger partial charge in [0.15, 0.2) is 0 Å². The molecular weight excluding hydrogens is 254 g/mol. The summed E-state index contributed by atoms with van der Waals surface area (Å²) in [6.07, 6.45) is 2.93. The predicted molar refractivity (Wildman–Crippen MR) is 88.5 cm³/mol. The van der Waals surface area contributed by atoms with Crippen LogP contribution in [-0.4, -0.2) is 4.98 Å². The average Bonchev–Trinajstić information content (AvgIpc) is 2.56. The van der Waals surface area contributed by atoms with Gasteiger partial charge in [-0.15, -0.1) is 0 Å². The van der Waals surface area contributed by atoms with Crippen molar-refractivity contribution < 1.29 is 0 Å². The molecule has 0 bridgehead atoms. The second-order valence-electron chi connectivity index (χ2n) is 5.36. The Morgan fingerprint density at radius 3 is 2.38 bits per heavy atom. The maximum atomic E-state index is 4.52. The molecule has 0 fully saturated rings. The fourth-order valence-electron chi connectivity index (χ4n) is 2.84. The Labute approximate surface area is 123 Å². The Bertz CT molecular complexity index is 910. The summed E-state index contributed by atoms with van der Waals surface area (Å²) in [4.78, 5) is 4.52. The molecule has 1 nitrogen and oxygen atoms in total. The molecule has 0 radical (unpaired) electrons. The lowest BCUT2D eigenvalue weighted by Crippen LogP contribution is -1.89. The van der Waals surface area contributed by atoms with Gasteiger partial charge in [-0.3, -0.25) is 4.98 Å². The molecule has 0 aliphatic carbocycles. The first-order valence-corrected chi connectivity index (χ1v) is 7.20. The van der Waals surface area contributed by atoms with Gasteiger partial charge in [0.25, 0.3) is 0 Å². The van der Waals surface area contributed by atoms with Gasteiger partial charge in [0.2, 0.25) is 0 Å². The zero-order valence-electron chi connectivity index (χ0n) is 11.7. The molecule has 0 aliphatic heterocycles. The summed E-state index contributed by atoms with van der Waals surface area (Å²) in [5.74, 6) is 0. The van der Waals surface area contributed by atoms with Crippen LogP contribution < -0.4 is 0 Å². The van der Waals surface area contributed by atoms with Gasteiger partial charge in [-0.1, -0.05) is 66.7 Å². The molecule has 0 aliphatic rings. The molecule has 4 aromatic rings. The summed E-state index contributed by atoms with van der Waals surface area (Å²) in [6, 6.07) is 25.6. The van der Waals surface area contributed by atoms with Crippen LogP contribution in [0.2, 0.25) is 0 Å². The van der Waals surface area contributed by atoms with Crippen LogP contribution >= 0.6 is 0 Å². The highest BCUT2D eigenvalue weighted by molar-refractivity contribution is 6.05. The quantitative estimate of drug-likeness (QED) is 0.468. The highest BCUT2D eigenvalue weighted by atomic mass is 14.6. The topological polar surface area (TPSA) is 12.9 Å². The van der Waals surface area contributed by atoms with Crippen molar-refractivity contribution in [2.24, 2.45) is 0 Å². The number of pyridine rings is 1. The molecule has 3 aromatic carbocycles. The van der Waals surface area contributed by atoms with Crippen LogP contribution in [0.25, 0.3) is 21.7 Å². The van der Waals surface area contributed by atoms with Crippen molar-refractivity contribution in [2.45, 2.75) is 6.42 Å². The average molecular weight is 269 g/mol. The summed E-state index contributed by atoms with van der Waals surface area (Å²) in [7, 11) is 0. The second kappa shape index (κ2) is 5.02. The zero-order chi connectivity index (χ0) is 14.1. The number of hydrogen-bond donors (Lipinski definition) is 0. The van der Waals surface area contributed by atoms with Crippen LogP contribution in [0, 0.1) is 0 Å². The Morgan fingerprint density at radius 2 is 1.48 bits per heavy atom. The summed E-state index contributed by atoms with van der Waals surface area (Å²) >= 11 is 0. The fourth-order valence-corrected chi connectivity index (χ4v) is 2.84. The molecule has 1 heterocycles. The number of hydrogen-bond acceptors (Lipinski definition) is 1. The van der Waals surface area contributed by atoms with Crippen LogP contribution in [0.1, 0.15) is 11.1 Å². The third kappa shape index (κ3) is 2.27. The molecule has 0 N–H and O–H groups in total. The van der Waals surface area contributed by atoms with Gasteiger partial charge in [-0.2, -0.15) is 0 Å². The van der Waals surface area contributed by atoms with E-state index in [4.69, 9.17) is 0 Å². The monoisotopic (exact) mass is 269 g/mol. The van der Waals surface area contributed by atoms with Crippen molar-refractivity contribution in [3.05, 3.63) is 90.1 Å². The van der Waals surface area contributed by atoms with E-state index in [0.717, 1.165) is 11.9 Å². The summed E-state index contributed by atoms with van der Waals surface area (Å²) in [5, 5.41) is 3.71. The molecule has 4 rings (SSSR count). The van der Waals surface area contributed by atoms with Gasteiger partial charge in [-0.05, 0) is 29.0 Å². The maximum absolute atomic E-state index is 4.52. The number of rotatable bonds is 2. The van der Waals surface area contributed by atoms with Crippen LogP contribution in [0.4, 0.5) is 0 Å².